The van der Waals surface area contributed by atoms with Gasteiger partial charge in [-0.15, -0.1) is 0 Å². The highest BCUT2D eigenvalue weighted by molar-refractivity contribution is 6.32. The lowest BCUT2D eigenvalue weighted by Crippen LogP contribution is -2.46. The first-order valence-corrected chi connectivity index (χ1v) is 8.13. The molecule has 1 fully saturated rings. The Balaban J connectivity index is 1.62. The van der Waals surface area contributed by atoms with Gasteiger partial charge in [0.2, 0.25) is 5.88 Å². The molecule has 0 spiro atoms. The van der Waals surface area contributed by atoms with E-state index in [9.17, 15) is 4.79 Å². The molecule has 1 aromatic carbocycles. The van der Waals surface area contributed by atoms with Crippen LogP contribution in [-0.2, 0) is 4.79 Å². The van der Waals surface area contributed by atoms with E-state index >= 15 is 0 Å². The Morgan fingerprint density at radius 1 is 1.21 bits per heavy atom. The standard InChI is InChI=1S/C17H19ClN4O2/c18-16-11-13(19)12-20-17(16)24-15-3-1-14(2-4-15)22-7-5-21(6-8-22)9-10-23/h1-4,10-12H,5-9,19H2. The van der Waals surface area contributed by atoms with E-state index in [1.807, 2.05) is 24.3 Å². The lowest BCUT2D eigenvalue weighted by molar-refractivity contribution is -0.108. The molecule has 2 heterocycles. The van der Waals surface area contributed by atoms with E-state index in [2.05, 4.69) is 14.8 Å². The maximum absolute atomic E-state index is 10.6. The molecule has 0 saturated carbocycles. The SMILES string of the molecule is Nc1cnc(Oc2ccc(N3CCN(CC=O)CC3)cc2)c(Cl)c1. The number of rotatable bonds is 5. The number of carbonyl (C=O) groups is 1. The fourth-order valence-corrected chi connectivity index (χ4v) is 2.86. The number of nitrogens with two attached hydrogens (primary N) is 1. The Labute approximate surface area is 145 Å². The molecule has 1 aliphatic heterocycles. The second-order valence-electron chi connectivity index (χ2n) is 5.61. The van der Waals surface area contributed by atoms with Crippen molar-refractivity contribution in [2.24, 2.45) is 0 Å². The monoisotopic (exact) mass is 346 g/mol. The second kappa shape index (κ2) is 7.51. The predicted octanol–water partition coefficient (Wildman–Crippen LogP) is 2.43. The largest absolute Gasteiger partial charge is 0.438 e. The zero-order chi connectivity index (χ0) is 16.9. The fourth-order valence-electron chi connectivity index (χ4n) is 2.65. The van der Waals surface area contributed by atoms with E-state index < -0.39 is 0 Å². The third-order valence-corrected chi connectivity index (χ3v) is 4.22. The zero-order valence-electron chi connectivity index (χ0n) is 13.2. The first kappa shape index (κ1) is 16.5. The van der Waals surface area contributed by atoms with Crippen LogP contribution < -0.4 is 15.4 Å². The number of halogens is 1. The number of piperazine rings is 1. The van der Waals surface area contributed by atoms with E-state index in [0.717, 1.165) is 38.2 Å². The number of carbonyl (C=O) groups excluding carboxylic acids is 1. The lowest BCUT2D eigenvalue weighted by atomic mass is 10.2. The van der Waals surface area contributed by atoms with E-state index in [1.54, 1.807) is 6.07 Å². The van der Waals surface area contributed by atoms with Gasteiger partial charge in [-0.25, -0.2) is 4.98 Å². The van der Waals surface area contributed by atoms with Gasteiger partial charge in [0.25, 0.3) is 0 Å². The third kappa shape index (κ3) is 3.96. The molecular formula is C17H19ClN4O2. The van der Waals surface area contributed by atoms with Crippen molar-refractivity contribution < 1.29 is 9.53 Å². The van der Waals surface area contributed by atoms with E-state index in [0.29, 0.717) is 28.9 Å². The topological polar surface area (TPSA) is 71.7 Å². The van der Waals surface area contributed by atoms with Crippen LogP contribution in [0.4, 0.5) is 11.4 Å². The number of aromatic nitrogens is 1. The van der Waals surface area contributed by atoms with Crippen LogP contribution >= 0.6 is 11.6 Å². The molecule has 1 aliphatic rings. The quantitative estimate of drug-likeness (QED) is 0.838. The van der Waals surface area contributed by atoms with Crippen molar-refractivity contribution in [2.75, 3.05) is 43.4 Å². The van der Waals surface area contributed by atoms with Crippen LogP contribution in [-0.4, -0.2) is 48.9 Å². The molecule has 0 amide bonds. The summed E-state index contributed by atoms with van der Waals surface area (Å²) in [7, 11) is 0. The van der Waals surface area contributed by atoms with Crippen LogP contribution in [0.15, 0.2) is 36.5 Å². The minimum absolute atomic E-state index is 0.334. The average molecular weight is 347 g/mol. The van der Waals surface area contributed by atoms with Crippen LogP contribution in [0.3, 0.4) is 0 Å². The van der Waals surface area contributed by atoms with Gasteiger partial charge in [0.15, 0.2) is 0 Å². The van der Waals surface area contributed by atoms with E-state index in [4.69, 9.17) is 22.1 Å². The first-order valence-electron chi connectivity index (χ1n) is 7.75. The fraction of sp³-hybridized carbons (Fsp3) is 0.294. The summed E-state index contributed by atoms with van der Waals surface area (Å²) in [5.41, 5.74) is 7.25. The number of nitrogens with zero attached hydrogens (tertiary/aromatic N) is 3. The summed E-state index contributed by atoms with van der Waals surface area (Å²) in [6.07, 6.45) is 2.46. The third-order valence-electron chi connectivity index (χ3n) is 3.95. The highest BCUT2D eigenvalue weighted by Gasteiger charge is 2.16. The van der Waals surface area contributed by atoms with Crippen molar-refractivity contribution in [1.29, 1.82) is 0 Å². The summed E-state index contributed by atoms with van der Waals surface area (Å²) in [5.74, 6) is 0.999. The molecule has 6 nitrogen and oxygen atoms in total. The van der Waals surface area contributed by atoms with Gasteiger partial charge in [0.05, 0.1) is 18.4 Å². The Kier molecular flexibility index (Phi) is 5.17. The van der Waals surface area contributed by atoms with Crippen molar-refractivity contribution in [3.05, 3.63) is 41.6 Å². The molecule has 0 bridgehead atoms. The number of hydrogen-bond donors (Lipinski definition) is 1. The van der Waals surface area contributed by atoms with Gasteiger partial charge in [-0.3, -0.25) is 4.90 Å². The summed E-state index contributed by atoms with van der Waals surface area (Å²) < 4.78 is 5.69. The molecule has 1 saturated heterocycles. The molecule has 7 heteroatoms. The molecular weight excluding hydrogens is 328 g/mol. The number of anilines is 2. The van der Waals surface area contributed by atoms with Crippen molar-refractivity contribution in [3.8, 4) is 11.6 Å². The minimum Gasteiger partial charge on any atom is -0.438 e. The van der Waals surface area contributed by atoms with Crippen LogP contribution in [0.1, 0.15) is 0 Å². The Morgan fingerprint density at radius 2 is 1.92 bits per heavy atom. The number of aldehydes is 1. The number of nitrogen functional groups attached to an aromatic ring is 1. The summed E-state index contributed by atoms with van der Waals surface area (Å²) in [6.45, 7) is 4.10. The van der Waals surface area contributed by atoms with Crippen molar-refractivity contribution in [2.45, 2.75) is 0 Å². The molecule has 0 aliphatic carbocycles. The molecule has 24 heavy (non-hydrogen) atoms. The smallest absolute Gasteiger partial charge is 0.238 e. The van der Waals surface area contributed by atoms with Gasteiger partial charge >= 0.3 is 0 Å². The van der Waals surface area contributed by atoms with E-state index in [-0.39, 0.29) is 0 Å². The molecule has 3 rings (SSSR count). The maximum atomic E-state index is 10.6. The molecule has 126 valence electrons. The number of benzene rings is 1. The predicted molar refractivity (Wildman–Crippen MR) is 94.9 cm³/mol. The Hall–Kier alpha value is -2.31. The summed E-state index contributed by atoms with van der Waals surface area (Å²) in [5, 5.41) is 0.380. The van der Waals surface area contributed by atoms with Crippen LogP contribution in [0, 0.1) is 0 Å². The van der Waals surface area contributed by atoms with Crippen LogP contribution in [0.2, 0.25) is 5.02 Å². The van der Waals surface area contributed by atoms with Gasteiger partial charge in [-0.05, 0) is 30.3 Å². The van der Waals surface area contributed by atoms with Crippen LogP contribution in [0.5, 0.6) is 11.6 Å². The minimum atomic E-state index is 0.334. The summed E-state index contributed by atoms with van der Waals surface area (Å²) in [4.78, 5) is 19.1. The molecule has 2 N–H and O–H groups in total. The Morgan fingerprint density at radius 3 is 2.54 bits per heavy atom. The van der Waals surface area contributed by atoms with Crippen molar-refractivity contribution >= 4 is 29.3 Å². The van der Waals surface area contributed by atoms with Gasteiger partial charge in [-0.2, -0.15) is 0 Å². The second-order valence-corrected chi connectivity index (χ2v) is 6.01. The average Bonchev–Trinajstić information content (AvgIpc) is 2.59. The Bertz CT molecular complexity index is 700. The van der Waals surface area contributed by atoms with Gasteiger partial charge in [-0.1, -0.05) is 11.6 Å². The zero-order valence-corrected chi connectivity index (χ0v) is 13.9. The van der Waals surface area contributed by atoms with Crippen LogP contribution in [0.25, 0.3) is 0 Å². The molecule has 1 aromatic heterocycles. The van der Waals surface area contributed by atoms with E-state index in [1.165, 1.54) is 6.20 Å². The highest BCUT2D eigenvalue weighted by atomic mass is 35.5. The number of hydrogen-bond acceptors (Lipinski definition) is 6. The summed E-state index contributed by atoms with van der Waals surface area (Å²) >= 11 is 6.07. The lowest BCUT2D eigenvalue weighted by Gasteiger charge is -2.35. The van der Waals surface area contributed by atoms with Gasteiger partial charge < -0.3 is 20.2 Å². The summed E-state index contributed by atoms with van der Waals surface area (Å²) in [6, 6.07) is 9.41. The molecule has 0 atom stereocenters. The molecule has 2 aromatic rings. The normalized spacial score (nSPS) is 15.3. The number of ether oxygens (including phenoxy) is 1. The molecule has 0 unspecified atom stereocenters. The number of pyridine rings is 1. The highest BCUT2D eigenvalue weighted by Crippen LogP contribution is 2.29. The van der Waals surface area contributed by atoms with Gasteiger partial charge in [0, 0.05) is 31.9 Å². The molecule has 0 radical (unpaired) electrons. The van der Waals surface area contributed by atoms with Crippen molar-refractivity contribution in [3.63, 3.8) is 0 Å². The maximum Gasteiger partial charge on any atom is 0.238 e. The van der Waals surface area contributed by atoms with Gasteiger partial charge in [0.1, 0.15) is 17.1 Å². The van der Waals surface area contributed by atoms with Crippen molar-refractivity contribution in [1.82, 2.24) is 9.88 Å². The first-order chi connectivity index (χ1) is 11.7.